The van der Waals surface area contributed by atoms with Gasteiger partial charge in [-0.2, -0.15) is 4.31 Å². The Balaban J connectivity index is 1.68. The van der Waals surface area contributed by atoms with Crippen LogP contribution in [0.1, 0.15) is 31.5 Å². The Morgan fingerprint density at radius 3 is 2.34 bits per heavy atom. The highest BCUT2D eigenvalue weighted by Gasteiger charge is 2.31. The lowest BCUT2D eigenvalue weighted by Crippen LogP contribution is -2.48. The molecule has 1 aromatic heterocycles. The molecule has 2 heterocycles. The van der Waals surface area contributed by atoms with Gasteiger partial charge in [-0.05, 0) is 12.1 Å². The fourth-order valence-corrected chi connectivity index (χ4v) is 5.83. The molecule has 1 fully saturated rings. The van der Waals surface area contributed by atoms with Gasteiger partial charge in [0.25, 0.3) is 0 Å². The highest BCUT2D eigenvalue weighted by Crippen LogP contribution is 2.31. The van der Waals surface area contributed by atoms with Gasteiger partial charge in [0.1, 0.15) is 21.4 Å². The highest BCUT2D eigenvalue weighted by atomic mass is 32.2. The second-order valence-corrected chi connectivity index (χ2v) is 10.9. The summed E-state index contributed by atoms with van der Waals surface area (Å²) in [4.78, 5) is 7.14. The Morgan fingerprint density at radius 1 is 1.10 bits per heavy atom. The molecule has 0 radical (unpaired) electrons. The zero-order chi connectivity index (χ0) is 21.2. The molecule has 1 aromatic carbocycles. The van der Waals surface area contributed by atoms with E-state index in [1.54, 1.807) is 23.5 Å². The van der Waals surface area contributed by atoms with E-state index in [1.165, 1.54) is 24.6 Å². The van der Waals surface area contributed by atoms with Crippen molar-refractivity contribution in [2.45, 2.75) is 37.6 Å². The number of rotatable bonds is 6. The Hall–Kier alpha value is -1.68. The molecular formula is C20H29N3O4S2. The number of benzene rings is 1. The van der Waals surface area contributed by atoms with E-state index in [0.29, 0.717) is 37.7 Å². The first kappa shape index (κ1) is 22.0. The van der Waals surface area contributed by atoms with Gasteiger partial charge in [0, 0.05) is 43.0 Å². The fourth-order valence-electron chi connectivity index (χ4n) is 3.17. The molecule has 9 heteroatoms. The standard InChI is InChI=1S/C20H29N3O4S2/c1-20(2,3)18-14-28-19(21-18)13-22-8-10-23(11-9-22)29(24,25)17-12-15(26-4)6-7-16(17)27-5/h6-7,12,14H,8-11,13H2,1-5H3. The first-order valence-electron chi connectivity index (χ1n) is 9.54. The molecule has 0 spiro atoms. The van der Waals surface area contributed by atoms with Crippen LogP contribution in [0.4, 0.5) is 0 Å². The quantitative estimate of drug-likeness (QED) is 0.689. The number of ether oxygens (including phenoxy) is 2. The van der Waals surface area contributed by atoms with E-state index in [9.17, 15) is 8.42 Å². The van der Waals surface area contributed by atoms with E-state index in [0.717, 1.165) is 17.2 Å². The maximum atomic E-state index is 13.2. The van der Waals surface area contributed by atoms with Crippen LogP contribution < -0.4 is 9.47 Å². The molecule has 1 aliphatic heterocycles. The Morgan fingerprint density at radius 2 is 1.79 bits per heavy atom. The monoisotopic (exact) mass is 439 g/mol. The third-order valence-corrected chi connectivity index (χ3v) is 7.75. The zero-order valence-corrected chi connectivity index (χ0v) is 19.3. The second kappa shape index (κ2) is 8.59. The Labute approximate surface area is 177 Å². The summed E-state index contributed by atoms with van der Waals surface area (Å²) in [7, 11) is -0.675. The van der Waals surface area contributed by atoms with Gasteiger partial charge in [-0.15, -0.1) is 11.3 Å². The SMILES string of the molecule is COc1ccc(OC)c(S(=O)(=O)N2CCN(Cc3nc(C(C)(C)C)cs3)CC2)c1. The Kier molecular flexibility index (Phi) is 6.52. The molecule has 2 aromatic rings. The average molecular weight is 440 g/mol. The van der Waals surface area contributed by atoms with Crippen molar-refractivity contribution < 1.29 is 17.9 Å². The van der Waals surface area contributed by atoms with Crippen LogP contribution in [0, 0.1) is 0 Å². The number of hydrogen-bond donors (Lipinski definition) is 0. The number of nitrogens with zero attached hydrogens (tertiary/aromatic N) is 3. The van der Waals surface area contributed by atoms with Crippen molar-refractivity contribution in [1.29, 1.82) is 0 Å². The molecule has 0 N–H and O–H groups in total. The van der Waals surface area contributed by atoms with E-state index in [4.69, 9.17) is 14.5 Å². The molecule has 0 bridgehead atoms. The van der Waals surface area contributed by atoms with Crippen molar-refractivity contribution in [3.05, 3.63) is 34.3 Å². The number of sulfonamides is 1. The van der Waals surface area contributed by atoms with E-state index < -0.39 is 10.0 Å². The molecular weight excluding hydrogens is 410 g/mol. The van der Waals surface area contributed by atoms with Crippen LogP contribution in [0.2, 0.25) is 0 Å². The summed E-state index contributed by atoms with van der Waals surface area (Å²) in [5.74, 6) is 0.812. The first-order chi connectivity index (χ1) is 13.6. The summed E-state index contributed by atoms with van der Waals surface area (Å²) >= 11 is 1.67. The fraction of sp³-hybridized carbons (Fsp3) is 0.550. The molecule has 1 aliphatic rings. The Bertz CT molecular complexity index is 943. The number of aromatic nitrogens is 1. The van der Waals surface area contributed by atoms with Crippen molar-refractivity contribution in [2.75, 3.05) is 40.4 Å². The maximum Gasteiger partial charge on any atom is 0.246 e. The van der Waals surface area contributed by atoms with Crippen molar-refractivity contribution in [1.82, 2.24) is 14.2 Å². The summed E-state index contributed by atoms with van der Waals surface area (Å²) < 4.78 is 38.3. The van der Waals surface area contributed by atoms with Gasteiger partial charge >= 0.3 is 0 Å². The lowest BCUT2D eigenvalue weighted by molar-refractivity contribution is 0.181. The summed E-state index contributed by atoms with van der Waals surface area (Å²) in [6.07, 6.45) is 0. The molecule has 0 atom stereocenters. The number of piperazine rings is 1. The molecule has 0 aliphatic carbocycles. The molecule has 1 saturated heterocycles. The lowest BCUT2D eigenvalue weighted by Gasteiger charge is -2.33. The summed E-state index contributed by atoms with van der Waals surface area (Å²) in [5.41, 5.74) is 1.14. The minimum absolute atomic E-state index is 0.0390. The van der Waals surface area contributed by atoms with E-state index in [1.807, 2.05) is 0 Å². The largest absolute Gasteiger partial charge is 0.497 e. The summed E-state index contributed by atoms with van der Waals surface area (Å²) in [6.45, 7) is 9.40. The molecule has 0 amide bonds. The van der Waals surface area contributed by atoms with Crippen molar-refractivity contribution in [2.24, 2.45) is 0 Å². The predicted octanol–water partition coefficient (Wildman–Crippen LogP) is 2.96. The number of methoxy groups -OCH3 is 2. The third kappa shape index (κ3) is 4.91. The van der Waals surface area contributed by atoms with Crippen molar-refractivity contribution in [3.63, 3.8) is 0 Å². The van der Waals surface area contributed by atoms with E-state index in [-0.39, 0.29) is 10.3 Å². The lowest BCUT2D eigenvalue weighted by atomic mass is 9.93. The molecule has 3 rings (SSSR count). The van der Waals surface area contributed by atoms with Crippen LogP contribution >= 0.6 is 11.3 Å². The van der Waals surface area contributed by atoms with Crippen LogP contribution in [-0.4, -0.2) is 63.0 Å². The minimum Gasteiger partial charge on any atom is -0.497 e. The topological polar surface area (TPSA) is 72.0 Å². The smallest absolute Gasteiger partial charge is 0.246 e. The second-order valence-electron chi connectivity index (χ2n) is 8.07. The predicted molar refractivity (Wildman–Crippen MR) is 114 cm³/mol. The average Bonchev–Trinajstić information content (AvgIpc) is 3.17. The molecule has 0 saturated carbocycles. The van der Waals surface area contributed by atoms with Crippen LogP contribution in [0.5, 0.6) is 11.5 Å². The van der Waals surface area contributed by atoms with Crippen molar-refractivity contribution in [3.8, 4) is 11.5 Å². The number of hydrogen-bond acceptors (Lipinski definition) is 7. The van der Waals surface area contributed by atoms with Gasteiger partial charge in [-0.3, -0.25) is 4.90 Å². The van der Waals surface area contributed by atoms with Gasteiger partial charge in [-0.1, -0.05) is 20.8 Å². The third-order valence-electron chi connectivity index (χ3n) is 5.00. The van der Waals surface area contributed by atoms with E-state index >= 15 is 0 Å². The zero-order valence-electron chi connectivity index (χ0n) is 17.6. The molecule has 160 valence electrons. The summed E-state index contributed by atoms with van der Waals surface area (Å²) in [6, 6.07) is 4.83. The van der Waals surface area contributed by atoms with Crippen LogP contribution in [-0.2, 0) is 22.0 Å². The van der Waals surface area contributed by atoms with Crippen LogP contribution in [0.25, 0.3) is 0 Å². The van der Waals surface area contributed by atoms with Gasteiger partial charge in [0.05, 0.1) is 26.5 Å². The molecule has 7 nitrogen and oxygen atoms in total. The van der Waals surface area contributed by atoms with Gasteiger partial charge in [-0.25, -0.2) is 13.4 Å². The van der Waals surface area contributed by atoms with Crippen molar-refractivity contribution >= 4 is 21.4 Å². The molecule has 0 unspecified atom stereocenters. The normalized spacial score (nSPS) is 16.7. The van der Waals surface area contributed by atoms with E-state index in [2.05, 4.69) is 31.1 Å². The van der Waals surface area contributed by atoms with Crippen LogP contribution in [0.15, 0.2) is 28.5 Å². The highest BCUT2D eigenvalue weighted by molar-refractivity contribution is 7.89. The van der Waals surface area contributed by atoms with Gasteiger partial charge in [0.2, 0.25) is 10.0 Å². The molecule has 29 heavy (non-hydrogen) atoms. The maximum absolute atomic E-state index is 13.2. The van der Waals surface area contributed by atoms with Gasteiger partial charge < -0.3 is 9.47 Å². The van der Waals surface area contributed by atoms with Crippen LogP contribution in [0.3, 0.4) is 0 Å². The minimum atomic E-state index is -3.66. The first-order valence-corrected chi connectivity index (χ1v) is 11.9. The number of thiazole rings is 1. The van der Waals surface area contributed by atoms with Gasteiger partial charge in [0.15, 0.2) is 0 Å². The summed E-state index contributed by atoms with van der Waals surface area (Å²) in [5, 5.41) is 3.19.